The molecule has 2 heterocycles. The molecule has 6 nitrogen and oxygen atoms in total. The number of nitrogens with one attached hydrogen (secondary N) is 1. The quantitative estimate of drug-likeness (QED) is 0.880. The van der Waals surface area contributed by atoms with Crippen LogP contribution in [0, 0.1) is 13.8 Å². The molecule has 1 aliphatic carbocycles. The Bertz CT molecular complexity index is 607. The molecule has 1 aliphatic heterocycles. The van der Waals surface area contributed by atoms with Gasteiger partial charge in [0.05, 0.1) is 18.9 Å². The van der Waals surface area contributed by atoms with Crippen LogP contribution in [-0.2, 0) is 23.0 Å². The predicted molar refractivity (Wildman–Crippen MR) is 97.6 cm³/mol. The molecule has 0 unspecified atom stereocenters. The second-order valence-corrected chi connectivity index (χ2v) is 7.65. The lowest BCUT2D eigenvalue weighted by molar-refractivity contribution is -0.135. The Hall–Kier alpha value is -1.40. The van der Waals surface area contributed by atoms with Crippen molar-refractivity contribution in [1.82, 2.24) is 20.0 Å². The van der Waals surface area contributed by atoms with Crippen LogP contribution < -0.4 is 5.32 Å². The number of amides is 1. The Morgan fingerprint density at radius 3 is 2.72 bits per heavy atom. The Balaban J connectivity index is 1.61. The lowest BCUT2D eigenvalue weighted by Gasteiger charge is -2.39. The zero-order valence-electron chi connectivity index (χ0n) is 16.0. The second-order valence-electron chi connectivity index (χ2n) is 7.65. The molecule has 25 heavy (non-hydrogen) atoms. The van der Waals surface area contributed by atoms with Crippen LogP contribution in [0.5, 0.6) is 0 Å². The summed E-state index contributed by atoms with van der Waals surface area (Å²) >= 11 is 0. The van der Waals surface area contributed by atoms with Gasteiger partial charge in [-0.1, -0.05) is 12.8 Å². The number of nitrogens with zero attached hydrogens (tertiary/aromatic N) is 3. The molecule has 1 amide bonds. The molecule has 0 radical (unpaired) electrons. The van der Waals surface area contributed by atoms with Gasteiger partial charge >= 0.3 is 0 Å². The van der Waals surface area contributed by atoms with E-state index < -0.39 is 0 Å². The van der Waals surface area contributed by atoms with E-state index in [4.69, 9.17) is 4.74 Å². The van der Waals surface area contributed by atoms with Crippen molar-refractivity contribution in [3.63, 3.8) is 0 Å². The van der Waals surface area contributed by atoms with Gasteiger partial charge in [0, 0.05) is 31.4 Å². The van der Waals surface area contributed by atoms with E-state index in [0.717, 1.165) is 25.3 Å². The van der Waals surface area contributed by atoms with Crippen molar-refractivity contribution in [1.29, 1.82) is 0 Å². The molecule has 2 aliphatic rings. The van der Waals surface area contributed by atoms with E-state index in [2.05, 4.69) is 29.2 Å². The van der Waals surface area contributed by atoms with Crippen molar-refractivity contribution >= 4 is 5.91 Å². The molecular weight excluding hydrogens is 316 g/mol. The third-order valence-electron chi connectivity index (χ3n) is 5.82. The highest BCUT2D eigenvalue weighted by atomic mass is 16.5. The van der Waals surface area contributed by atoms with Crippen LogP contribution in [0.3, 0.4) is 0 Å². The van der Waals surface area contributed by atoms with Crippen molar-refractivity contribution in [2.45, 2.75) is 71.0 Å². The number of rotatable bonds is 5. The van der Waals surface area contributed by atoms with Crippen LogP contribution in [-0.4, -0.2) is 58.5 Å². The van der Waals surface area contributed by atoms with E-state index in [1.54, 1.807) is 0 Å². The Kier molecular flexibility index (Phi) is 5.79. The predicted octanol–water partition coefficient (Wildman–Crippen LogP) is 1.73. The van der Waals surface area contributed by atoms with Gasteiger partial charge in [0.2, 0.25) is 5.91 Å². The fourth-order valence-corrected chi connectivity index (χ4v) is 4.32. The smallest absolute Gasteiger partial charge is 0.239 e. The SMILES string of the molecule is Cc1nn(C)c(C)c1C[C@H](C)NC(=O)[C@H]1COCCN1C1CCCC1. The molecule has 3 rings (SSSR count). The summed E-state index contributed by atoms with van der Waals surface area (Å²) in [6, 6.07) is 0.495. The molecule has 0 spiro atoms. The van der Waals surface area contributed by atoms with Crippen LogP contribution in [0.15, 0.2) is 0 Å². The number of carbonyl (C=O) groups excluding carboxylic acids is 1. The molecule has 2 fully saturated rings. The lowest BCUT2D eigenvalue weighted by atomic mass is 10.0. The minimum absolute atomic E-state index is 0.0847. The highest BCUT2D eigenvalue weighted by Crippen LogP contribution is 2.26. The third kappa shape index (κ3) is 4.06. The highest BCUT2D eigenvalue weighted by Gasteiger charge is 2.35. The van der Waals surface area contributed by atoms with Gasteiger partial charge in [-0.2, -0.15) is 5.10 Å². The lowest BCUT2D eigenvalue weighted by Crippen LogP contribution is -2.57. The van der Waals surface area contributed by atoms with E-state index in [1.165, 1.54) is 36.9 Å². The minimum atomic E-state index is -0.143. The van der Waals surface area contributed by atoms with Crippen molar-refractivity contribution in [3.8, 4) is 0 Å². The fraction of sp³-hybridized carbons (Fsp3) is 0.789. The van der Waals surface area contributed by atoms with E-state index in [-0.39, 0.29) is 18.0 Å². The maximum atomic E-state index is 12.9. The zero-order valence-corrected chi connectivity index (χ0v) is 16.0. The number of aromatic nitrogens is 2. The van der Waals surface area contributed by atoms with Crippen LogP contribution in [0.1, 0.15) is 49.6 Å². The van der Waals surface area contributed by atoms with Crippen molar-refractivity contribution < 1.29 is 9.53 Å². The first-order valence-electron chi connectivity index (χ1n) is 9.60. The van der Waals surface area contributed by atoms with E-state index in [1.807, 2.05) is 18.7 Å². The molecule has 1 saturated heterocycles. The first kappa shape index (κ1) is 18.4. The second kappa shape index (κ2) is 7.87. The van der Waals surface area contributed by atoms with Crippen molar-refractivity contribution in [3.05, 3.63) is 17.0 Å². The third-order valence-corrected chi connectivity index (χ3v) is 5.82. The van der Waals surface area contributed by atoms with Crippen LogP contribution >= 0.6 is 0 Å². The van der Waals surface area contributed by atoms with Crippen LogP contribution in [0.25, 0.3) is 0 Å². The molecule has 6 heteroatoms. The average Bonchev–Trinajstić information content (AvgIpc) is 3.20. The number of carbonyl (C=O) groups is 1. The number of ether oxygens (including phenoxy) is 1. The molecular formula is C19H32N4O2. The topological polar surface area (TPSA) is 59.4 Å². The maximum Gasteiger partial charge on any atom is 0.239 e. The Morgan fingerprint density at radius 1 is 1.36 bits per heavy atom. The summed E-state index contributed by atoms with van der Waals surface area (Å²) in [5.74, 6) is 0.110. The summed E-state index contributed by atoms with van der Waals surface area (Å²) in [5.41, 5.74) is 3.46. The van der Waals surface area contributed by atoms with Crippen LogP contribution in [0.2, 0.25) is 0 Å². The van der Waals surface area contributed by atoms with Crippen molar-refractivity contribution in [2.75, 3.05) is 19.8 Å². The number of hydrogen-bond donors (Lipinski definition) is 1. The highest BCUT2D eigenvalue weighted by molar-refractivity contribution is 5.82. The van der Waals surface area contributed by atoms with Gasteiger partial charge in [-0.25, -0.2) is 0 Å². The summed E-state index contributed by atoms with van der Waals surface area (Å²) in [7, 11) is 1.97. The van der Waals surface area contributed by atoms with Gasteiger partial charge in [-0.05, 0) is 45.6 Å². The summed E-state index contributed by atoms with van der Waals surface area (Å²) in [4.78, 5) is 15.3. The molecule has 1 aromatic rings. The first-order valence-corrected chi connectivity index (χ1v) is 9.60. The number of hydrogen-bond acceptors (Lipinski definition) is 4. The minimum Gasteiger partial charge on any atom is -0.378 e. The first-order chi connectivity index (χ1) is 12.0. The molecule has 140 valence electrons. The molecule has 2 atom stereocenters. The molecule has 1 saturated carbocycles. The van der Waals surface area contributed by atoms with E-state index in [0.29, 0.717) is 12.6 Å². The fourth-order valence-electron chi connectivity index (χ4n) is 4.32. The zero-order chi connectivity index (χ0) is 18.0. The maximum absolute atomic E-state index is 12.9. The number of morpholine rings is 1. The number of aryl methyl sites for hydroxylation is 2. The summed E-state index contributed by atoms with van der Waals surface area (Å²) < 4.78 is 7.53. The summed E-state index contributed by atoms with van der Waals surface area (Å²) in [6.07, 6.45) is 5.81. The van der Waals surface area contributed by atoms with E-state index >= 15 is 0 Å². The van der Waals surface area contributed by atoms with Gasteiger partial charge in [0.25, 0.3) is 0 Å². The molecule has 0 bridgehead atoms. The van der Waals surface area contributed by atoms with E-state index in [9.17, 15) is 4.79 Å². The molecule has 1 aromatic heterocycles. The largest absolute Gasteiger partial charge is 0.378 e. The molecule has 1 N–H and O–H groups in total. The van der Waals surface area contributed by atoms with Gasteiger partial charge in [0.1, 0.15) is 6.04 Å². The van der Waals surface area contributed by atoms with Crippen LogP contribution in [0.4, 0.5) is 0 Å². The standard InChI is InChI=1S/C19H32N4O2/c1-13(11-17-14(2)21-22(4)15(17)3)20-19(24)18-12-25-10-9-23(18)16-7-5-6-8-16/h13,16,18H,5-12H2,1-4H3,(H,20,24)/t13-,18+/m0/s1. The monoisotopic (exact) mass is 348 g/mol. The normalized spacial score (nSPS) is 23.8. The van der Waals surface area contributed by atoms with Gasteiger partial charge in [-0.3, -0.25) is 14.4 Å². The Labute approximate surface area is 150 Å². The Morgan fingerprint density at radius 2 is 2.08 bits per heavy atom. The van der Waals surface area contributed by atoms with Gasteiger partial charge in [0.15, 0.2) is 0 Å². The van der Waals surface area contributed by atoms with Gasteiger partial charge in [-0.15, -0.1) is 0 Å². The average molecular weight is 348 g/mol. The van der Waals surface area contributed by atoms with Crippen molar-refractivity contribution in [2.24, 2.45) is 7.05 Å². The van der Waals surface area contributed by atoms with Gasteiger partial charge < -0.3 is 10.1 Å². The summed E-state index contributed by atoms with van der Waals surface area (Å²) in [5, 5.41) is 7.69. The molecule has 0 aromatic carbocycles. The summed E-state index contributed by atoms with van der Waals surface area (Å²) in [6.45, 7) is 8.32.